The number of hydrogen-bond acceptors (Lipinski definition) is 6. The molecule has 7 heteroatoms. The number of ether oxygens (including phenoxy) is 1. The molecule has 7 nitrogen and oxygen atoms in total. The third kappa shape index (κ3) is 3.01. The Bertz CT molecular complexity index is 860. The Kier molecular flexibility index (Phi) is 4.21. The van der Waals surface area contributed by atoms with Crippen molar-refractivity contribution >= 4 is 17.0 Å². The van der Waals surface area contributed by atoms with Crippen LogP contribution in [0.25, 0.3) is 11.2 Å². The molecule has 130 valence electrons. The first kappa shape index (κ1) is 15.8. The van der Waals surface area contributed by atoms with Crippen LogP contribution in [0.5, 0.6) is 5.75 Å². The molecule has 1 aliphatic heterocycles. The second-order valence-corrected chi connectivity index (χ2v) is 6.48. The number of fused-ring (bicyclic) bond motifs is 1. The number of piperidine rings is 1. The van der Waals surface area contributed by atoms with Gasteiger partial charge in [0.25, 0.3) is 0 Å². The highest BCUT2D eigenvalue weighted by Gasteiger charge is 2.26. The molecular formula is C18H22N6O. The quantitative estimate of drug-likeness (QED) is 0.727. The molecule has 0 saturated carbocycles. The number of rotatable bonds is 4. The molecule has 1 saturated heterocycles. The topological polar surface area (TPSA) is 69.0 Å². The number of aryl methyl sites for hydroxylation is 1. The van der Waals surface area contributed by atoms with Crippen LogP contribution >= 0.6 is 0 Å². The van der Waals surface area contributed by atoms with Gasteiger partial charge in [-0.15, -0.1) is 5.10 Å². The highest BCUT2D eigenvalue weighted by Crippen LogP contribution is 2.29. The summed E-state index contributed by atoms with van der Waals surface area (Å²) in [7, 11) is 3.55. The maximum absolute atomic E-state index is 5.26. The maximum Gasteiger partial charge on any atom is 0.183 e. The second kappa shape index (κ2) is 6.66. The van der Waals surface area contributed by atoms with E-state index in [1.54, 1.807) is 18.1 Å². The van der Waals surface area contributed by atoms with E-state index in [4.69, 9.17) is 4.74 Å². The summed E-state index contributed by atoms with van der Waals surface area (Å²) < 4.78 is 6.95. The van der Waals surface area contributed by atoms with Crippen LogP contribution in [0.1, 0.15) is 24.8 Å². The lowest BCUT2D eigenvalue weighted by atomic mass is 9.95. The molecule has 1 aromatic carbocycles. The molecule has 3 aromatic rings. The van der Waals surface area contributed by atoms with Gasteiger partial charge in [0.15, 0.2) is 17.0 Å². The van der Waals surface area contributed by atoms with Crippen LogP contribution < -0.4 is 9.64 Å². The fourth-order valence-corrected chi connectivity index (χ4v) is 3.58. The van der Waals surface area contributed by atoms with Gasteiger partial charge in [-0.3, -0.25) is 0 Å². The largest absolute Gasteiger partial charge is 0.497 e. The molecule has 0 aliphatic carbocycles. The Morgan fingerprint density at radius 1 is 1.16 bits per heavy atom. The van der Waals surface area contributed by atoms with Gasteiger partial charge in [0, 0.05) is 19.6 Å². The molecule has 0 N–H and O–H groups in total. The van der Waals surface area contributed by atoms with Gasteiger partial charge in [-0.2, -0.15) is 0 Å². The van der Waals surface area contributed by atoms with Crippen LogP contribution in [0.2, 0.25) is 0 Å². The van der Waals surface area contributed by atoms with Crippen molar-refractivity contribution in [2.45, 2.75) is 31.7 Å². The predicted octanol–water partition coefficient (Wildman–Crippen LogP) is 2.37. The number of hydrogen-bond donors (Lipinski definition) is 0. The van der Waals surface area contributed by atoms with Crippen LogP contribution in [0.15, 0.2) is 30.6 Å². The van der Waals surface area contributed by atoms with Gasteiger partial charge in [-0.1, -0.05) is 17.3 Å². The second-order valence-electron chi connectivity index (χ2n) is 6.48. The molecule has 1 aliphatic rings. The van der Waals surface area contributed by atoms with Crippen LogP contribution in [0.4, 0.5) is 5.82 Å². The third-order valence-electron chi connectivity index (χ3n) is 4.90. The minimum absolute atomic E-state index is 0.405. The molecule has 3 heterocycles. The predicted molar refractivity (Wildman–Crippen MR) is 95.8 cm³/mol. The summed E-state index contributed by atoms with van der Waals surface area (Å²) in [4.78, 5) is 11.2. The number of aromatic nitrogens is 5. The fraction of sp³-hybridized carbons (Fsp3) is 0.444. The summed E-state index contributed by atoms with van der Waals surface area (Å²) in [6.45, 7) is 0.990. The highest BCUT2D eigenvalue weighted by atomic mass is 16.5. The molecule has 4 rings (SSSR count). The first-order chi connectivity index (χ1) is 12.3. The lowest BCUT2D eigenvalue weighted by Crippen LogP contribution is -2.41. The van der Waals surface area contributed by atoms with Crippen molar-refractivity contribution in [3.05, 3.63) is 36.2 Å². The number of benzene rings is 1. The van der Waals surface area contributed by atoms with Gasteiger partial charge < -0.3 is 9.64 Å². The van der Waals surface area contributed by atoms with E-state index in [1.165, 1.54) is 18.4 Å². The highest BCUT2D eigenvalue weighted by molar-refractivity contribution is 5.82. The Morgan fingerprint density at radius 3 is 2.80 bits per heavy atom. The van der Waals surface area contributed by atoms with E-state index in [2.05, 4.69) is 37.3 Å². The van der Waals surface area contributed by atoms with Crippen molar-refractivity contribution in [1.82, 2.24) is 25.0 Å². The molecule has 0 amide bonds. The van der Waals surface area contributed by atoms with Gasteiger partial charge in [-0.05, 0) is 43.4 Å². The fourth-order valence-electron chi connectivity index (χ4n) is 3.58. The van der Waals surface area contributed by atoms with E-state index in [9.17, 15) is 0 Å². The van der Waals surface area contributed by atoms with E-state index >= 15 is 0 Å². The van der Waals surface area contributed by atoms with Crippen molar-refractivity contribution in [2.75, 3.05) is 18.6 Å². The molecule has 0 bridgehead atoms. The van der Waals surface area contributed by atoms with Gasteiger partial charge >= 0.3 is 0 Å². The van der Waals surface area contributed by atoms with Crippen molar-refractivity contribution in [1.29, 1.82) is 0 Å². The molecular weight excluding hydrogens is 316 g/mol. The van der Waals surface area contributed by atoms with Crippen LogP contribution in [0, 0.1) is 0 Å². The monoisotopic (exact) mass is 338 g/mol. The van der Waals surface area contributed by atoms with E-state index in [0.717, 1.165) is 42.1 Å². The minimum Gasteiger partial charge on any atom is -0.497 e. The summed E-state index contributed by atoms with van der Waals surface area (Å²) in [6.07, 6.45) is 6.16. The standard InChI is InChI=1S/C18H22N6O/c1-23-17-16(21-22-23)18(20-12-19-17)24-10-4-3-5-14(24)11-13-6-8-15(25-2)9-7-13/h6-9,12,14H,3-5,10-11H2,1-2H3/t14-/m1/s1. The van der Waals surface area contributed by atoms with Gasteiger partial charge in [0.2, 0.25) is 0 Å². The Labute approximate surface area is 146 Å². The summed E-state index contributed by atoms with van der Waals surface area (Å²) >= 11 is 0. The van der Waals surface area contributed by atoms with Crippen LogP contribution in [-0.2, 0) is 13.5 Å². The number of nitrogens with zero attached hydrogens (tertiary/aromatic N) is 6. The Hall–Kier alpha value is -2.70. The third-order valence-corrected chi connectivity index (χ3v) is 4.90. The van der Waals surface area contributed by atoms with E-state index in [1.807, 2.05) is 19.2 Å². The number of anilines is 1. The van der Waals surface area contributed by atoms with E-state index < -0.39 is 0 Å². The van der Waals surface area contributed by atoms with Crippen LogP contribution in [-0.4, -0.2) is 44.7 Å². The Balaban J connectivity index is 1.64. The normalized spacial score (nSPS) is 17.8. The van der Waals surface area contributed by atoms with E-state index in [0.29, 0.717) is 6.04 Å². The van der Waals surface area contributed by atoms with Crippen molar-refractivity contribution in [2.24, 2.45) is 7.05 Å². The molecule has 0 unspecified atom stereocenters. The first-order valence-corrected chi connectivity index (χ1v) is 8.66. The maximum atomic E-state index is 5.26. The summed E-state index contributed by atoms with van der Waals surface area (Å²) in [6, 6.07) is 8.73. The van der Waals surface area contributed by atoms with Crippen LogP contribution in [0.3, 0.4) is 0 Å². The molecule has 0 radical (unpaired) electrons. The summed E-state index contributed by atoms with van der Waals surface area (Å²) in [5.74, 6) is 1.79. The molecule has 2 aromatic heterocycles. The van der Waals surface area contributed by atoms with Gasteiger partial charge in [0.1, 0.15) is 12.1 Å². The van der Waals surface area contributed by atoms with Crippen molar-refractivity contribution in [3.8, 4) is 5.75 Å². The smallest absolute Gasteiger partial charge is 0.183 e. The first-order valence-electron chi connectivity index (χ1n) is 8.66. The average molecular weight is 338 g/mol. The van der Waals surface area contributed by atoms with Crippen molar-refractivity contribution in [3.63, 3.8) is 0 Å². The zero-order valence-corrected chi connectivity index (χ0v) is 14.6. The van der Waals surface area contributed by atoms with Crippen molar-refractivity contribution < 1.29 is 4.74 Å². The lowest BCUT2D eigenvalue weighted by Gasteiger charge is -2.36. The molecule has 0 spiro atoms. The molecule has 25 heavy (non-hydrogen) atoms. The number of methoxy groups -OCH3 is 1. The SMILES string of the molecule is COc1ccc(C[C@H]2CCCCN2c2ncnc3c2nnn3C)cc1. The Morgan fingerprint density at radius 2 is 2.00 bits per heavy atom. The average Bonchev–Trinajstić information content (AvgIpc) is 3.04. The molecule has 1 fully saturated rings. The van der Waals surface area contributed by atoms with Gasteiger partial charge in [0.05, 0.1) is 7.11 Å². The van der Waals surface area contributed by atoms with E-state index in [-0.39, 0.29) is 0 Å². The summed E-state index contributed by atoms with van der Waals surface area (Å²) in [5, 5.41) is 8.39. The molecule has 1 atom stereocenters. The summed E-state index contributed by atoms with van der Waals surface area (Å²) in [5.41, 5.74) is 2.87. The zero-order chi connectivity index (χ0) is 17.2. The zero-order valence-electron chi connectivity index (χ0n) is 14.6. The van der Waals surface area contributed by atoms with Gasteiger partial charge in [-0.25, -0.2) is 14.6 Å². The minimum atomic E-state index is 0.405. The lowest BCUT2D eigenvalue weighted by molar-refractivity contribution is 0.414.